The summed E-state index contributed by atoms with van der Waals surface area (Å²) < 4.78 is 5.30. The fourth-order valence-corrected chi connectivity index (χ4v) is 2.96. The molecule has 1 saturated heterocycles. The van der Waals surface area contributed by atoms with Crippen molar-refractivity contribution in [3.8, 4) is 12.3 Å². The van der Waals surface area contributed by atoms with Crippen molar-refractivity contribution >= 4 is 28.2 Å². The molecule has 6 nitrogen and oxygen atoms in total. The van der Waals surface area contributed by atoms with Gasteiger partial charge in [0.25, 0.3) is 5.91 Å². The molecule has 114 valence electrons. The van der Waals surface area contributed by atoms with Crippen molar-refractivity contribution in [3.63, 3.8) is 0 Å². The highest BCUT2D eigenvalue weighted by Crippen LogP contribution is 2.28. The zero-order valence-electron chi connectivity index (χ0n) is 11.9. The van der Waals surface area contributed by atoms with E-state index < -0.39 is 0 Å². The third kappa shape index (κ3) is 4.34. The number of aromatic nitrogens is 1. The van der Waals surface area contributed by atoms with Crippen molar-refractivity contribution in [2.75, 3.05) is 43.5 Å². The van der Waals surface area contributed by atoms with Crippen LogP contribution < -0.4 is 16.0 Å². The lowest BCUT2D eigenvalue weighted by Crippen LogP contribution is -2.36. The van der Waals surface area contributed by atoms with Crippen LogP contribution >= 0.6 is 11.3 Å². The first-order valence-corrected chi connectivity index (χ1v) is 7.84. The number of rotatable bonds is 6. The van der Waals surface area contributed by atoms with Gasteiger partial charge in [0, 0.05) is 26.1 Å². The molecule has 1 aromatic rings. The number of terminal acetylenes is 1. The Hall–Kier alpha value is -1.78. The Balaban J connectivity index is 1.89. The average Bonchev–Trinajstić information content (AvgIpc) is 2.90. The molecular weight excluding hydrogens is 288 g/mol. The van der Waals surface area contributed by atoms with E-state index >= 15 is 0 Å². The number of morpholine rings is 1. The molecule has 1 fully saturated rings. The molecule has 0 aliphatic carbocycles. The number of unbranched alkanes of at least 4 members (excludes halogenated alkanes) is 2. The summed E-state index contributed by atoms with van der Waals surface area (Å²) in [6.45, 7) is 3.51. The maximum absolute atomic E-state index is 12.1. The molecule has 0 saturated carbocycles. The minimum absolute atomic E-state index is 0.162. The molecule has 0 unspecified atom stereocenters. The predicted molar refractivity (Wildman–Crippen MR) is 84.6 cm³/mol. The average molecular weight is 308 g/mol. The van der Waals surface area contributed by atoms with Crippen molar-refractivity contribution in [1.82, 2.24) is 10.3 Å². The Bertz CT molecular complexity index is 518. The van der Waals surface area contributed by atoms with Crippen molar-refractivity contribution < 1.29 is 9.53 Å². The van der Waals surface area contributed by atoms with Crippen molar-refractivity contribution in [3.05, 3.63) is 4.88 Å². The van der Waals surface area contributed by atoms with Gasteiger partial charge in [-0.25, -0.2) is 4.98 Å². The second-order valence-corrected chi connectivity index (χ2v) is 5.70. The molecule has 7 heteroatoms. The summed E-state index contributed by atoms with van der Waals surface area (Å²) in [4.78, 5) is 19.0. The van der Waals surface area contributed by atoms with Gasteiger partial charge in [-0.05, 0) is 12.8 Å². The smallest absolute Gasteiger partial charge is 0.265 e. The van der Waals surface area contributed by atoms with Crippen LogP contribution in [0.4, 0.5) is 10.9 Å². The molecule has 0 radical (unpaired) electrons. The van der Waals surface area contributed by atoms with Crippen LogP contribution in [0.1, 0.15) is 28.9 Å². The van der Waals surface area contributed by atoms with E-state index in [1.54, 1.807) is 0 Å². The lowest BCUT2D eigenvalue weighted by atomic mass is 10.2. The van der Waals surface area contributed by atoms with Gasteiger partial charge in [-0.3, -0.25) is 4.79 Å². The second-order valence-electron chi connectivity index (χ2n) is 4.73. The number of nitrogens with zero attached hydrogens (tertiary/aromatic N) is 2. The van der Waals surface area contributed by atoms with Gasteiger partial charge < -0.3 is 20.7 Å². The monoisotopic (exact) mass is 308 g/mol. The van der Waals surface area contributed by atoms with Crippen LogP contribution in [0.15, 0.2) is 0 Å². The van der Waals surface area contributed by atoms with Crippen LogP contribution in [-0.4, -0.2) is 43.7 Å². The molecule has 2 rings (SSSR count). The maximum atomic E-state index is 12.1. The van der Waals surface area contributed by atoms with Gasteiger partial charge in [-0.15, -0.1) is 12.3 Å². The SMILES string of the molecule is C#CCCCCNC(=O)c1sc(N2CCOCC2)nc1N. The van der Waals surface area contributed by atoms with Gasteiger partial charge in [0.2, 0.25) is 0 Å². The van der Waals surface area contributed by atoms with Crippen LogP contribution in [0.3, 0.4) is 0 Å². The molecule has 1 aliphatic heterocycles. The van der Waals surface area contributed by atoms with Gasteiger partial charge >= 0.3 is 0 Å². The van der Waals surface area contributed by atoms with E-state index in [4.69, 9.17) is 16.9 Å². The van der Waals surface area contributed by atoms with E-state index in [2.05, 4.69) is 21.1 Å². The molecule has 1 aromatic heterocycles. The molecule has 3 N–H and O–H groups in total. The molecule has 0 atom stereocenters. The van der Waals surface area contributed by atoms with E-state index in [-0.39, 0.29) is 5.91 Å². The zero-order valence-corrected chi connectivity index (χ0v) is 12.7. The topological polar surface area (TPSA) is 80.5 Å². The van der Waals surface area contributed by atoms with Gasteiger partial charge in [0.15, 0.2) is 5.13 Å². The number of carbonyl (C=O) groups excluding carboxylic acids is 1. The number of anilines is 2. The Morgan fingerprint density at radius 1 is 1.48 bits per heavy atom. The largest absolute Gasteiger partial charge is 0.382 e. The second kappa shape index (κ2) is 7.86. The molecule has 0 spiro atoms. The molecular formula is C14H20N4O2S. The number of thiazole rings is 1. The highest BCUT2D eigenvalue weighted by Gasteiger charge is 2.20. The van der Waals surface area contributed by atoms with Crippen LogP contribution in [0.25, 0.3) is 0 Å². The quantitative estimate of drug-likeness (QED) is 0.607. The minimum Gasteiger partial charge on any atom is -0.382 e. The summed E-state index contributed by atoms with van der Waals surface area (Å²) >= 11 is 1.33. The summed E-state index contributed by atoms with van der Waals surface area (Å²) in [5.41, 5.74) is 5.85. The zero-order chi connectivity index (χ0) is 15.1. The van der Waals surface area contributed by atoms with Gasteiger partial charge in [0.1, 0.15) is 10.7 Å². The lowest BCUT2D eigenvalue weighted by Gasteiger charge is -2.25. The highest BCUT2D eigenvalue weighted by molar-refractivity contribution is 7.18. The summed E-state index contributed by atoms with van der Waals surface area (Å²) in [6, 6.07) is 0. The van der Waals surface area contributed by atoms with Gasteiger partial charge in [-0.2, -0.15) is 0 Å². The van der Waals surface area contributed by atoms with Crippen LogP contribution in [0, 0.1) is 12.3 Å². The number of carbonyl (C=O) groups is 1. The Morgan fingerprint density at radius 3 is 2.95 bits per heavy atom. The Labute approximate surface area is 128 Å². The Kier molecular flexibility index (Phi) is 5.84. The van der Waals surface area contributed by atoms with E-state index in [9.17, 15) is 4.79 Å². The fraction of sp³-hybridized carbons (Fsp3) is 0.571. The van der Waals surface area contributed by atoms with Crippen LogP contribution in [0.5, 0.6) is 0 Å². The molecule has 1 aliphatic rings. The molecule has 21 heavy (non-hydrogen) atoms. The summed E-state index contributed by atoms with van der Waals surface area (Å²) in [6.07, 6.45) is 7.69. The number of amides is 1. The van der Waals surface area contributed by atoms with E-state index in [1.807, 2.05) is 0 Å². The van der Waals surface area contributed by atoms with Gasteiger partial charge in [-0.1, -0.05) is 11.3 Å². The van der Waals surface area contributed by atoms with E-state index in [1.165, 1.54) is 11.3 Å². The van der Waals surface area contributed by atoms with Crippen molar-refractivity contribution in [2.24, 2.45) is 0 Å². The highest BCUT2D eigenvalue weighted by atomic mass is 32.1. The number of ether oxygens (including phenoxy) is 1. The van der Waals surface area contributed by atoms with Gasteiger partial charge in [0.05, 0.1) is 13.2 Å². The predicted octanol–water partition coefficient (Wildman–Crippen LogP) is 1.10. The third-order valence-corrected chi connectivity index (χ3v) is 4.29. The number of nitrogens with one attached hydrogen (secondary N) is 1. The fourth-order valence-electron chi connectivity index (χ4n) is 2.01. The Morgan fingerprint density at radius 2 is 2.24 bits per heavy atom. The summed E-state index contributed by atoms with van der Waals surface area (Å²) in [5.74, 6) is 2.71. The van der Waals surface area contributed by atoms with E-state index in [0.717, 1.165) is 37.5 Å². The number of nitrogens with two attached hydrogens (primary N) is 1. The van der Waals surface area contributed by atoms with Crippen LogP contribution in [0.2, 0.25) is 0 Å². The third-order valence-electron chi connectivity index (χ3n) is 3.16. The first kappa shape index (κ1) is 15.6. The molecule has 0 aromatic carbocycles. The van der Waals surface area contributed by atoms with Crippen molar-refractivity contribution in [2.45, 2.75) is 19.3 Å². The minimum atomic E-state index is -0.162. The first-order chi connectivity index (χ1) is 10.2. The van der Waals surface area contributed by atoms with Crippen LogP contribution in [-0.2, 0) is 4.74 Å². The van der Waals surface area contributed by atoms with E-state index in [0.29, 0.717) is 30.5 Å². The number of nitrogen functional groups attached to an aromatic ring is 1. The lowest BCUT2D eigenvalue weighted by molar-refractivity contribution is 0.0957. The van der Waals surface area contributed by atoms with Crippen molar-refractivity contribution in [1.29, 1.82) is 0 Å². The summed E-state index contributed by atoms with van der Waals surface area (Å²) in [7, 11) is 0. The maximum Gasteiger partial charge on any atom is 0.265 e. The normalized spacial score (nSPS) is 14.7. The molecule has 0 bridgehead atoms. The first-order valence-electron chi connectivity index (χ1n) is 7.03. The summed E-state index contributed by atoms with van der Waals surface area (Å²) in [5, 5.41) is 3.64. The molecule has 1 amide bonds. The molecule has 2 heterocycles. The standard InChI is InChI=1S/C14H20N4O2S/c1-2-3-4-5-6-16-13(19)11-12(15)17-14(21-11)18-7-9-20-10-8-18/h1H,3-10,15H2,(H,16,19). The number of hydrogen-bond acceptors (Lipinski definition) is 6. The number of hydrogen-bond donors (Lipinski definition) is 2.